The fourth-order valence-corrected chi connectivity index (χ4v) is 3.68. The van der Waals surface area contributed by atoms with Crippen LogP contribution < -0.4 is 20.1 Å². The number of carbonyl (C=O) groups excluding carboxylic acids is 1. The van der Waals surface area contributed by atoms with Gasteiger partial charge in [0.05, 0.1) is 24.2 Å². The zero-order valence-corrected chi connectivity index (χ0v) is 18.3. The van der Waals surface area contributed by atoms with Crippen molar-refractivity contribution in [1.29, 1.82) is 0 Å². The Morgan fingerprint density at radius 3 is 2.52 bits per heavy atom. The largest absolute Gasteiger partial charge is 0.486 e. The quantitative estimate of drug-likeness (QED) is 0.470. The van der Waals surface area contributed by atoms with Gasteiger partial charge < -0.3 is 24.3 Å². The average molecular weight is 469 g/mol. The van der Waals surface area contributed by atoms with Crippen LogP contribution in [-0.4, -0.2) is 39.4 Å². The van der Waals surface area contributed by atoms with Gasteiger partial charge in [0, 0.05) is 11.1 Å². The van der Waals surface area contributed by atoms with Gasteiger partial charge in [-0.2, -0.15) is 0 Å². The van der Waals surface area contributed by atoms with Crippen molar-refractivity contribution in [3.05, 3.63) is 52.8 Å². The Morgan fingerprint density at radius 2 is 1.82 bits per heavy atom. The molecule has 0 unspecified atom stereocenters. The van der Waals surface area contributed by atoms with Gasteiger partial charge in [-0.15, -0.1) is 0 Å². The molecule has 1 aromatic carbocycles. The highest BCUT2D eigenvalue weighted by Gasteiger charge is 2.29. The second-order valence-electron chi connectivity index (χ2n) is 7.14. The summed E-state index contributed by atoms with van der Waals surface area (Å²) in [5, 5.41) is 7.88. The minimum absolute atomic E-state index is 0.0556. The molecule has 0 saturated carbocycles. The number of aromatic nitrogens is 4. The lowest BCUT2D eigenvalue weighted by Gasteiger charge is -2.23. The lowest BCUT2D eigenvalue weighted by atomic mass is 10.1. The smallest absolute Gasteiger partial charge is 0.269 e. The molecule has 0 bridgehead atoms. The van der Waals surface area contributed by atoms with E-state index in [1.807, 2.05) is 0 Å². The van der Waals surface area contributed by atoms with Gasteiger partial charge in [0.1, 0.15) is 35.9 Å². The van der Waals surface area contributed by atoms with Crippen LogP contribution in [0, 0.1) is 13.8 Å². The minimum Gasteiger partial charge on any atom is -0.486 e. The van der Waals surface area contributed by atoms with Crippen LogP contribution in [0.2, 0.25) is 5.02 Å². The number of nitrogens with two attached hydrogens (primary N) is 1. The fourth-order valence-electron chi connectivity index (χ4n) is 3.47. The second-order valence-corrected chi connectivity index (χ2v) is 7.58. The van der Waals surface area contributed by atoms with Crippen molar-refractivity contribution in [2.75, 3.05) is 23.8 Å². The molecule has 0 aliphatic carbocycles. The van der Waals surface area contributed by atoms with E-state index in [9.17, 15) is 4.79 Å². The van der Waals surface area contributed by atoms with E-state index in [0.29, 0.717) is 58.2 Å². The Balaban J connectivity index is 1.62. The van der Waals surface area contributed by atoms with Gasteiger partial charge >= 0.3 is 0 Å². The SMILES string of the molecule is Cc1oncc1C(=O)N(c1cnc(-c2cc(Cl)cc3c2OCCO3)c(N)n1)c1cnoc1C. The standard InChI is InChI=1S/C21H17ClN6O5/c1-10-14(7-25-32-10)21(29)28(15-8-26-33-11(15)2)17-9-24-18(20(23)27-17)13-5-12(22)6-16-19(13)31-4-3-30-16/h5-9H,3-4H2,1-2H3,(H2,23,27). The van der Waals surface area contributed by atoms with Crippen molar-refractivity contribution < 1.29 is 23.3 Å². The molecule has 0 spiro atoms. The molecule has 0 fully saturated rings. The third-order valence-corrected chi connectivity index (χ3v) is 5.25. The van der Waals surface area contributed by atoms with Crippen molar-refractivity contribution in [3.63, 3.8) is 0 Å². The van der Waals surface area contributed by atoms with Gasteiger partial charge in [0.15, 0.2) is 28.9 Å². The summed E-state index contributed by atoms with van der Waals surface area (Å²) in [7, 11) is 0. The van der Waals surface area contributed by atoms with E-state index < -0.39 is 5.91 Å². The first-order valence-corrected chi connectivity index (χ1v) is 10.2. The molecule has 11 nitrogen and oxygen atoms in total. The summed E-state index contributed by atoms with van der Waals surface area (Å²) < 4.78 is 21.6. The van der Waals surface area contributed by atoms with Crippen LogP contribution in [-0.2, 0) is 0 Å². The van der Waals surface area contributed by atoms with Crippen molar-refractivity contribution in [2.24, 2.45) is 0 Å². The molecular weight excluding hydrogens is 452 g/mol. The van der Waals surface area contributed by atoms with Gasteiger partial charge in [-0.3, -0.25) is 9.69 Å². The molecule has 12 heteroatoms. The van der Waals surface area contributed by atoms with Crippen LogP contribution in [0.3, 0.4) is 0 Å². The number of nitrogen functional groups attached to an aromatic ring is 1. The number of amides is 1. The van der Waals surface area contributed by atoms with Crippen molar-refractivity contribution in [2.45, 2.75) is 13.8 Å². The highest BCUT2D eigenvalue weighted by atomic mass is 35.5. The number of hydrogen-bond donors (Lipinski definition) is 1. The number of halogens is 1. The molecule has 3 aromatic heterocycles. The minimum atomic E-state index is -0.460. The lowest BCUT2D eigenvalue weighted by molar-refractivity contribution is 0.0996. The van der Waals surface area contributed by atoms with Crippen molar-refractivity contribution in [3.8, 4) is 22.8 Å². The zero-order valence-electron chi connectivity index (χ0n) is 17.5. The number of carbonyl (C=O) groups is 1. The molecule has 0 radical (unpaired) electrons. The monoisotopic (exact) mass is 468 g/mol. The number of ether oxygens (including phenoxy) is 2. The maximum absolute atomic E-state index is 13.4. The highest BCUT2D eigenvalue weighted by Crippen LogP contribution is 2.43. The molecule has 1 amide bonds. The summed E-state index contributed by atoms with van der Waals surface area (Å²) in [5.41, 5.74) is 7.77. The van der Waals surface area contributed by atoms with Gasteiger partial charge in [-0.05, 0) is 19.9 Å². The Kier molecular flexibility index (Phi) is 5.09. The number of rotatable bonds is 4. The van der Waals surface area contributed by atoms with Gasteiger partial charge in [-0.1, -0.05) is 21.9 Å². The fraction of sp³-hybridized carbons (Fsp3) is 0.190. The molecule has 4 aromatic rings. The Bertz CT molecular complexity index is 1370. The molecule has 4 heterocycles. The average Bonchev–Trinajstić information content (AvgIpc) is 3.41. The Morgan fingerprint density at radius 1 is 1.06 bits per heavy atom. The third kappa shape index (κ3) is 3.61. The van der Waals surface area contributed by atoms with Crippen LogP contribution in [0.25, 0.3) is 11.3 Å². The number of nitrogens with zero attached hydrogens (tertiary/aromatic N) is 5. The van der Waals surface area contributed by atoms with E-state index in [1.165, 1.54) is 23.5 Å². The van der Waals surface area contributed by atoms with Crippen LogP contribution in [0.1, 0.15) is 21.9 Å². The number of benzene rings is 1. The lowest BCUT2D eigenvalue weighted by Crippen LogP contribution is -2.28. The van der Waals surface area contributed by atoms with E-state index in [-0.39, 0.29) is 17.2 Å². The number of anilines is 3. The molecular formula is C21H17ClN6O5. The van der Waals surface area contributed by atoms with Crippen LogP contribution in [0.15, 0.2) is 39.8 Å². The van der Waals surface area contributed by atoms with E-state index >= 15 is 0 Å². The number of fused-ring (bicyclic) bond motifs is 1. The summed E-state index contributed by atoms with van der Waals surface area (Å²) in [6.07, 6.45) is 4.14. The summed E-state index contributed by atoms with van der Waals surface area (Å²) in [4.78, 5) is 23.6. The topological polar surface area (TPSA) is 143 Å². The Labute approximate surface area is 192 Å². The molecule has 168 valence electrons. The maximum atomic E-state index is 13.4. The first-order chi connectivity index (χ1) is 15.9. The third-order valence-electron chi connectivity index (χ3n) is 5.03. The van der Waals surface area contributed by atoms with Crippen molar-refractivity contribution in [1.82, 2.24) is 20.3 Å². The van der Waals surface area contributed by atoms with Crippen LogP contribution in [0.5, 0.6) is 11.5 Å². The molecule has 2 N–H and O–H groups in total. The molecule has 33 heavy (non-hydrogen) atoms. The normalized spacial score (nSPS) is 12.6. The van der Waals surface area contributed by atoms with Crippen molar-refractivity contribution >= 4 is 34.8 Å². The summed E-state index contributed by atoms with van der Waals surface area (Å²) in [6.45, 7) is 4.08. The molecule has 1 aliphatic rings. The first-order valence-electron chi connectivity index (χ1n) is 9.83. The van der Waals surface area contributed by atoms with Gasteiger partial charge in [-0.25, -0.2) is 9.97 Å². The Hall–Kier alpha value is -4.12. The summed E-state index contributed by atoms with van der Waals surface area (Å²) >= 11 is 6.25. The predicted molar refractivity (Wildman–Crippen MR) is 117 cm³/mol. The number of aryl methyl sites for hydroxylation is 2. The van der Waals surface area contributed by atoms with E-state index in [0.717, 1.165) is 0 Å². The van der Waals surface area contributed by atoms with Crippen LogP contribution in [0.4, 0.5) is 17.3 Å². The van der Waals surface area contributed by atoms with Gasteiger partial charge in [0.25, 0.3) is 5.91 Å². The van der Waals surface area contributed by atoms with E-state index in [2.05, 4.69) is 20.3 Å². The predicted octanol–water partition coefficient (Wildman–Crippen LogP) is 3.72. The van der Waals surface area contributed by atoms with Crippen LogP contribution >= 0.6 is 11.6 Å². The second kappa shape index (κ2) is 8.10. The summed E-state index contributed by atoms with van der Waals surface area (Å²) in [6, 6.07) is 3.33. The zero-order chi connectivity index (χ0) is 23.1. The summed E-state index contributed by atoms with van der Waals surface area (Å²) in [5.74, 6) is 1.46. The van der Waals surface area contributed by atoms with Gasteiger partial charge in [0.2, 0.25) is 0 Å². The number of hydrogen-bond acceptors (Lipinski definition) is 10. The highest BCUT2D eigenvalue weighted by molar-refractivity contribution is 6.31. The van der Waals surface area contributed by atoms with E-state index in [1.54, 1.807) is 26.0 Å². The molecule has 5 rings (SSSR count). The molecule has 0 atom stereocenters. The van der Waals surface area contributed by atoms with E-state index in [4.69, 9.17) is 35.9 Å². The maximum Gasteiger partial charge on any atom is 0.269 e. The first kappa shape index (κ1) is 20.8. The molecule has 0 saturated heterocycles. The molecule has 1 aliphatic heterocycles.